The van der Waals surface area contributed by atoms with Gasteiger partial charge in [0.25, 0.3) is 0 Å². The Kier molecular flexibility index (Phi) is 3.60. The summed E-state index contributed by atoms with van der Waals surface area (Å²) in [4.78, 5) is 8.30. The van der Waals surface area contributed by atoms with Crippen molar-refractivity contribution in [3.8, 4) is 0 Å². The Morgan fingerprint density at radius 1 is 1.24 bits per heavy atom. The van der Waals surface area contributed by atoms with Crippen LogP contribution in [0, 0.1) is 11.3 Å². The number of hydrogen-bond acceptors (Lipinski definition) is 1. The molecule has 0 bridgehead atoms. The number of aryl methyl sites for hydroxylation is 2. The molecule has 0 saturated heterocycles. The third-order valence-corrected chi connectivity index (χ3v) is 3.51. The molecule has 2 nitrogen and oxygen atoms in total. The monoisotopic (exact) mass is 234 g/mol. The minimum Gasteiger partial charge on any atom is -0.346 e. The van der Waals surface area contributed by atoms with Gasteiger partial charge in [-0.2, -0.15) is 0 Å². The second kappa shape index (κ2) is 4.83. The van der Waals surface area contributed by atoms with Gasteiger partial charge in [0.2, 0.25) is 0 Å². The number of rotatable bonds is 3. The molecule has 96 valence electrons. The van der Waals surface area contributed by atoms with E-state index in [1.807, 2.05) is 0 Å². The fraction of sp³-hybridized carbons (Fsp3) is 0.800. The van der Waals surface area contributed by atoms with E-state index in [0.717, 1.165) is 6.42 Å². The topological polar surface area (TPSA) is 28.7 Å². The first-order valence-corrected chi connectivity index (χ1v) is 7.01. The molecular weight excluding hydrogens is 208 g/mol. The van der Waals surface area contributed by atoms with Crippen molar-refractivity contribution in [2.45, 2.75) is 66.2 Å². The molecular formula is C15H26N2. The lowest BCUT2D eigenvalue weighted by molar-refractivity contribution is 0.304. The summed E-state index contributed by atoms with van der Waals surface area (Å²) in [7, 11) is 0. The Bertz CT molecular complexity index is 347. The Hall–Kier alpha value is -0.790. The number of H-pyrrole nitrogens is 1. The van der Waals surface area contributed by atoms with Crippen molar-refractivity contribution in [2.24, 2.45) is 11.3 Å². The van der Waals surface area contributed by atoms with Gasteiger partial charge in [-0.05, 0) is 43.4 Å². The number of imidazole rings is 1. The maximum Gasteiger partial charge on any atom is 0.106 e. The van der Waals surface area contributed by atoms with Gasteiger partial charge >= 0.3 is 0 Å². The molecule has 0 radical (unpaired) electrons. The third-order valence-electron chi connectivity index (χ3n) is 3.51. The minimum atomic E-state index is 0.422. The van der Waals surface area contributed by atoms with Crippen molar-refractivity contribution >= 4 is 0 Å². The van der Waals surface area contributed by atoms with Crippen molar-refractivity contribution in [1.29, 1.82) is 0 Å². The zero-order chi connectivity index (χ0) is 12.5. The van der Waals surface area contributed by atoms with Crippen molar-refractivity contribution in [3.05, 3.63) is 17.2 Å². The smallest absolute Gasteiger partial charge is 0.106 e. The van der Waals surface area contributed by atoms with Crippen LogP contribution in [0.4, 0.5) is 0 Å². The van der Waals surface area contributed by atoms with Crippen molar-refractivity contribution in [3.63, 3.8) is 0 Å². The highest BCUT2D eigenvalue weighted by atomic mass is 14.9. The Labute approximate surface area is 105 Å². The molecule has 1 atom stereocenters. The molecule has 1 unspecified atom stereocenters. The first-order chi connectivity index (χ1) is 7.94. The third kappa shape index (κ3) is 3.58. The summed E-state index contributed by atoms with van der Waals surface area (Å²) in [5, 5.41) is 0. The lowest BCUT2D eigenvalue weighted by Gasteiger charge is -2.22. The molecule has 0 fully saturated rings. The van der Waals surface area contributed by atoms with Crippen LogP contribution in [0.2, 0.25) is 0 Å². The van der Waals surface area contributed by atoms with Crippen LogP contribution < -0.4 is 0 Å². The van der Waals surface area contributed by atoms with E-state index in [-0.39, 0.29) is 0 Å². The molecule has 1 N–H and O–H groups in total. The van der Waals surface area contributed by atoms with Crippen LogP contribution in [0.15, 0.2) is 0 Å². The molecule has 1 aliphatic carbocycles. The average molecular weight is 234 g/mol. The van der Waals surface area contributed by atoms with Gasteiger partial charge < -0.3 is 4.98 Å². The predicted octanol–water partition coefficient (Wildman–Crippen LogP) is 3.90. The first kappa shape index (κ1) is 12.7. The summed E-state index contributed by atoms with van der Waals surface area (Å²) in [6, 6.07) is 0. The van der Waals surface area contributed by atoms with Crippen LogP contribution in [0.25, 0.3) is 0 Å². The molecule has 1 heterocycles. The van der Waals surface area contributed by atoms with Gasteiger partial charge in [-0.15, -0.1) is 0 Å². The van der Waals surface area contributed by atoms with Crippen LogP contribution >= 0.6 is 0 Å². The van der Waals surface area contributed by atoms with Crippen molar-refractivity contribution < 1.29 is 0 Å². The molecule has 0 amide bonds. The predicted molar refractivity (Wildman–Crippen MR) is 72.2 cm³/mol. The van der Waals surface area contributed by atoms with Crippen LogP contribution in [0.1, 0.15) is 64.2 Å². The lowest BCUT2D eigenvalue weighted by Crippen LogP contribution is -2.13. The molecule has 0 spiro atoms. The first-order valence-electron chi connectivity index (χ1n) is 7.01. The van der Waals surface area contributed by atoms with E-state index >= 15 is 0 Å². The Morgan fingerprint density at radius 2 is 1.94 bits per heavy atom. The van der Waals surface area contributed by atoms with E-state index < -0.39 is 0 Å². The van der Waals surface area contributed by atoms with E-state index in [2.05, 4.69) is 32.7 Å². The number of hydrogen-bond donors (Lipinski definition) is 1. The number of aromatic nitrogens is 2. The van der Waals surface area contributed by atoms with E-state index in [1.165, 1.54) is 49.3 Å². The minimum absolute atomic E-state index is 0.422. The molecule has 0 saturated carbocycles. The molecule has 1 aliphatic rings. The van der Waals surface area contributed by atoms with E-state index in [0.29, 0.717) is 11.3 Å². The average Bonchev–Trinajstić information content (AvgIpc) is 2.55. The van der Waals surface area contributed by atoms with Gasteiger partial charge in [0.15, 0.2) is 0 Å². The molecule has 0 aliphatic heterocycles. The fourth-order valence-corrected chi connectivity index (χ4v) is 3.06. The molecule has 1 aromatic rings. The second-order valence-electron chi connectivity index (χ2n) is 6.89. The molecule has 2 heteroatoms. The maximum absolute atomic E-state index is 4.77. The molecule has 0 aromatic carbocycles. The van der Waals surface area contributed by atoms with Crippen LogP contribution in [-0.4, -0.2) is 9.97 Å². The van der Waals surface area contributed by atoms with Crippen LogP contribution in [0.5, 0.6) is 0 Å². The second-order valence-corrected chi connectivity index (χ2v) is 6.89. The van der Waals surface area contributed by atoms with Crippen molar-refractivity contribution in [1.82, 2.24) is 9.97 Å². The number of nitrogens with zero attached hydrogens (tertiary/aromatic N) is 1. The van der Waals surface area contributed by atoms with Gasteiger partial charge in [-0.3, -0.25) is 0 Å². The van der Waals surface area contributed by atoms with Gasteiger partial charge in [-0.1, -0.05) is 27.7 Å². The zero-order valence-corrected chi connectivity index (χ0v) is 11.8. The van der Waals surface area contributed by atoms with Crippen LogP contribution in [-0.2, 0) is 19.3 Å². The summed E-state index contributed by atoms with van der Waals surface area (Å²) in [5.74, 6) is 1.93. The van der Waals surface area contributed by atoms with E-state index in [1.54, 1.807) is 0 Å². The van der Waals surface area contributed by atoms with Crippen molar-refractivity contribution in [2.75, 3.05) is 0 Å². The quantitative estimate of drug-likeness (QED) is 0.844. The summed E-state index contributed by atoms with van der Waals surface area (Å²) in [6.07, 6.45) is 7.39. The lowest BCUT2D eigenvalue weighted by atomic mass is 9.84. The maximum atomic E-state index is 4.77. The largest absolute Gasteiger partial charge is 0.346 e. The summed E-state index contributed by atoms with van der Waals surface area (Å²) in [6.45, 7) is 9.29. The van der Waals surface area contributed by atoms with Gasteiger partial charge in [0, 0.05) is 12.1 Å². The van der Waals surface area contributed by atoms with Crippen LogP contribution in [0.3, 0.4) is 0 Å². The summed E-state index contributed by atoms with van der Waals surface area (Å²) in [5.41, 5.74) is 3.18. The fourth-order valence-electron chi connectivity index (χ4n) is 3.06. The number of nitrogens with one attached hydrogen (secondary N) is 1. The van der Waals surface area contributed by atoms with E-state index in [9.17, 15) is 0 Å². The highest BCUT2D eigenvalue weighted by Crippen LogP contribution is 2.26. The Balaban J connectivity index is 1.97. The summed E-state index contributed by atoms with van der Waals surface area (Å²) < 4.78 is 0. The van der Waals surface area contributed by atoms with E-state index in [4.69, 9.17) is 4.98 Å². The van der Waals surface area contributed by atoms with Gasteiger partial charge in [0.05, 0.1) is 5.69 Å². The standard InChI is InChI=1S/C15H26N2/c1-11(10-15(2,3)4)9-14-16-12-7-5-6-8-13(12)17-14/h11H,5-10H2,1-4H3,(H,16,17). The summed E-state index contributed by atoms with van der Waals surface area (Å²) >= 11 is 0. The molecule has 1 aromatic heterocycles. The van der Waals surface area contributed by atoms with Gasteiger partial charge in [0.1, 0.15) is 5.82 Å². The molecule has 17 heavy (non-hydrogen) atoms. The normalized spacial score (nSPS) is 17.9. The number of fused-ring (bicyclic) bond motifs is 1. The highest BCUT2D eigenvalue weighted by molar-refractivity contribution is 5.17. The Morgan fingerprint density at radius 3 is 2.59 bits per heavy atom. The SMILES string of the molecule is CC(Cc1nc2c([nH]1)CCCC2)CC(C)(C)C. The van der Waals surface area contributed by atoms with Gasteiger partial charge in [-0.25, -0.2) is 4.98 Å². The number of aromatic amines is 1. The zero-order valence-electron chi connectivity index (χ0n) is 11.8. The highest BCUT2D eigenvalue weighted by Gasteiger charge is 2.19. The molecule has 2 rings (SSSR count).